The van der Waals surface area contributed by atoms with Crippen LogP contribution in [0, 0.1) is 5.92 Å². The Morgan fingerprint density at radius 3 is 2.34 bits per heavy atom. The molecule has 4 unspecified atom stereocenters. The third-order valence-corrected chi connectivity index (χ3v) is 15.9. The Labute approximate surface area is 411 Å². The zero-order valence-corrected chi connectivity index (χ0v) is 40.6. The van der Waals surface area contributed by atoms with Gasteiger partial charge in [-0.05, 0) is 145 Å². The number of fused-ring (bicyclic) bond motifs is 2. The molecule has 372 valence electrons. The van der Waals surface area contributed by atoms with Gasteiger partial charge in [0.25, 0.3) is 0 Å². The fourth-order valence-electron chi connectivity index (χ4n) is 11.7. The molecule has 16 heteroatoms. The lowest BCUT2D eigenvalue weighted by Gasteiger charge is -2.31. The molecule has 3 saturated carbocycles. The van der Waals surface area contributed by atoms with Crippen LogP contribution in [0.4, 0.5) is 11.6 Å². The number of ether oxygens (including phenoxy) is 2. The Balaban J connectivity index is 0.653. The highest BCUT2D eigenvalue weighted by molar-refractivity contribution is 5.77. The summed E-state index contributed by atoms with van der Waals surface area (Å²) in [7, 11) is 0. The second-order valence-corrected chi connectivity index (χ2v) is 21.2. The predicted molar refractivity (Wildman–Crippen MR) is 263 cm³/mol. The summed E-state index contributed by atoms with van der Waals surface area (Å²) >= 11 is 0. The molecule has 3 aliphatic carbocycles. The summed E-state index contributed by atoms with van der Waals surface area (Å²) in [5.74, 6) is 2.69. The van der Waals surface area contributed by atoms with Gasteiger partial charge in [-0.25, -0.2) is 29.9 Å². The van der Waals surface area contributed by atoms with Crippen molar-refractivity contribution in [3.63, 3.8) is 0 Å². The average Bonchev–Trinajstić information content (AvgIpc) is 4.32. The van der Waals surface area contributed by atoms with E-state index in [1.165, 1.54) is 29.6 Å². The number of aryl methyl sites for hydroxylation is 4. The van der Waals surface area contributed by atoms with Gasteiger partial charge in [-0.1, -0.05) is 25.0 Å². The van der Waals surface area contributed by atoms with Crippen LogP contribution in [0.1, 0.15) is 165 Å². The van der Waals surface area contributed by atoms with E-state index in [0.717, 1.165) is 176 Å². The minimum Gasteiger partial charge on any atom is -0.480 e. The van der Waals surface area contributed by atoms with Gasteiger partial charge in [-0.2, -0.15) is 0 Å². The van der Waals surface area contributed by atoms with Gasteiger partial charge in [0.2, 0.25) is 5.88 Å². The number of anilines is 2. The van der Waals surface area contributed by atoms with Crippen molar-refractivity contribution >= 4 is 23.6 Å². The lowest BCUT2D eigenvalue weighted by Crippen LogP contribution is -2.34. The highest BCUT2D eigenvalue weighted by Crippen LogP contribution is 2.49. The van der Waals surface area contributed by atoms with Crippen LogP contribution < -0.4 is 15.0 Å². The predicted octanol–water partition coefficient (Wildman–Crippen LogP) is 7.63. The maximum absolute atomic E-state index is 13.1. The molecular formula is C54H70N10O6. The molecule has 0 aromatic carbocycles. The minimum atomic E-state index is -0.933. The zero-order valence-electron chi connectivity index (χ0n) is 40.6. The molecular weight excluding hydrogens is 885 g/mol. The van der Waals surface area contributed by atoms with E-state index in [4.69, 9.17) is 29.4 Å². The molecule has 6 atom stereocenters. The summed E-state index contributed by atoms with van der Waals surface area (Å²) in [5, 5.41) is 24.4. The molecule has 0 amide bonds. The number of rotatable bonds is 23. The summed E-state index contributed by atoms with van der Waals surface area (Å²) < 4.78 is 12.2. The van der Waals surface area contributed by atoms with Gasteiger partial charge in [0.1, 0.15) is 42.0 Å². The second-order valence-electron chi connectivity index (χ2n) is 21.2. The van der Waals surface area contributed by atoms with Crippen LogP contribution in [-0.2, 0) is 40.0 Å². The third-order valence-electron chi connectivity index (χ3n) is 15.9. The first-order valence-electron chi connectivity index (χ1n) is 26.7. The summed E-state index contributed by atoms with van der Waals surface area (Å²) in [6.07, 6.45) is 24.4. The standard InChI is InChI=1S/C54H70N10O6/c65-53(66)47(62-25-21-34(31-62)8-2-1-3-11-38-17-15-36-9-6-23-56-49(36)59-38)43-30-57-50(61-46(43)35-13-14-35)42-28-45(42)64-24-7-10-37-16-18-39(60-51(37)64)12-4-5-27-69-41-22-26-63(32-41)48(54(67)68)44-29-55-33-58-52(44)70-40-19-20-40/h15-18,29-30,33-35,40-42,45,47-48H,1-14,19-28,31-32H2,(H,56,59)(H,65,66)(H,67,68)/t34-,41-,42?,45?,47?,48?/m1/s1. The number of carbonyl (C=O) groups is 2. The molecule has 4 aliphatic heterocycles. The van der Waals surface area contributed by atoms with E-state index >= 15 is 0 Å². The van der Waals surface area contributed by atoms with Crippen molar-refractivity contribution in [2.75, 3.05) is 56.1 Å². The first-order valence-corrected chi connectivity index (χ1v) is 26.7. The quantitative estimate of drug-likeness (QED) is 0.0614. The molecule has 8 heterocycles. The molecule has 0 spiro atoms. The highest BCUT2D eigenvalue weighted by Gasteiger charge is 2.48. The zero-order chi connectivity index (χ0) is 47.6. The maximum atomic E-state index is 13.1. The van der Waals surface area contributed by atoms with E-state index in [1.807, 2.05) is 11.1 Å². The summed E-state index contributed by atoms with van der Waals surface area (Å²) in [5.41, 5.74) is 7.16. The van der Waals surface area contributed by atoms with E-state index < -0.39 is 24.0 Å². The molecule has 16 nitrogen and oxygen atoms in total. The average molecular weight is 955 g/mol. The molecule has 0 bridgehead atoms. The number of aliphatic carboxylic acids is 2. The van der Waals surface area contributed by atoms with Crippen molar-refractivity contribution < 1.29 is 29.3 Å². The van der Waals surface area contributed by atoms with E-state index in [1.54, 1.807) is 6.20 Å². The normalized spacial score (nSPS) is 24.1. The van der Waals surface area contributed by atoms with Crippen LogP contribution in [0.25, 0.3) is 0 Å². The van der Waals surface area contributed by atoms with Crippen LogP contribution in [0.3, 0.4) is 0 Å². The Morgan fingerprint density at radius 1 is 0.743 bits per heavy atom. The smallest absolute Gasteiger partial charge is 0.325 e. The number of aromatic nitrogens is 6. The molecule has 11 rings (SSSR count). The Bertz CT molecular complexity index is 2500. The topological polar surface area (TPSA) is 192 Å². The molecule has 7 aliphatic rings. The monoisotopic (exact) mass is 955 g/mol. The van der Waals surface area contributed by atoms with Crippen LogP contribution in [0.2, 0.25) is 0 Å². The van der Waals surface area contributed by atoms with Crippen LogP contribution in [0.5, 0.6) is 5.88 Å². The van der Waals surface area contributed by atoms with Crippen molar-refractivity contribution in [2.45, 2.75) is 164 Å². The first-order chi connectivity index (χ1) is 34.3. The van der Waals surface area contributed by atoms with Crippen molar-refractivity contribution in [1.82, 2.24) is 39.7 Å². The van der Waals surface area contributed by atoms with Gasteiger partial charge in [-0.15, -0.1) is 0 Å². The number of hydrogen-bond donors (Lipinski definition) is 3. The number of unbranched alkanes of at least 4 members (excludes halogenated alkanes) is 3. The molecule has 70 heavy (non-hydrogen) atoms. The maximum Gasteiger partial charge on any atom is 0.325 e. The molecule has 2 saturated heterocycles. The molecule has 4 aromatic heterocycles. The number of likely N-dealkylation sites (tertiary alicyclic amines) is 2. The SMILES string of the molecule is O=C(O)C(c1cncnc1OC1CC1)N1CC[C@@H](OCCCCc2ccc3c(n2)N(C2CC2c2ncc(C(C(=O)O)N4CC[C@@H](CCCCCc5ccc6c(n5)NCCC6)C4)c(C4CC4)n2)CCC3)C1. The van der Waals surface area contributed by atoms with Crippen molar-refractivity contribution in [1.29, 1.82) is 0 Å². The Morgan fingerprint density at radius 2 is 1.51 bits per heavy atom. The number of carboxylic acids is 2. The fourth-order valence-corrected chi connectivity index (χ4v) is 11.7. The van der Waals surface area contributed by atoms with Gasteiger partial charge >= 0.3 is 11.9 Å². The van der Waals surface area contributed by atoms with Gasteiger partial charge in [-0.3, -0.25) is 19.4 Å². The van der Waals surface area contributed by atoms with E-state index in [0.29, 0.717) is 43.0 Å². The number of nitrogens with zero attached hydrogens (tertiary/aromatic N) is 9. The number of carboxylic acid groups (broad SMARTS) is 2. The lowest BCUT2D eigenvalue weighted by molar-refractivity contribution is -0.144. The van der Waals surface area contributed by atoms with E-state index in [9.17, 15) is 19.8 Å². The third kappa shape index (κ3) is 10.9. The summed E-state index contributed by atoms with van der Waals surface area (Å²) in [4.78, 5) is 61.0. The molecule has 3 N–H and O–H groups in total. The molecule has 4 aromatic rings. The number of pyridine rings is 2. The first kappa shape index (κ1) is 47.0. The molecule has 5 fully saturated rings. The van der Waals surface area contributed by atoms with Crippen LogP contribution >= 0.6 is 0 Å². The van der Waals surface area contributed by atoms with Crippen molar-refractivity contribution in [3.05, 3.63) is 88.1 Å². The van der Waals surface area contributed by atoms with Crippen molar-refractivity contribution in [3.8, 4) is 5.88 Å². The fraction of sp³-hybridized carbons (Fsp3) is 0.630. The highest BCUT2D eigenvalue weighted by atomic mass is 16.5. The largest absolute Gasteiger partial charge is 0.480 e. The van der Waals surface area contributed by atoms with Crippen LogP contribution in [0.15, 0.2) is 43.0 Å². The van der Waals surface area contributed by atoms with Crippen LogP contribution in [-0.4, -0.2) is 126 Å². The summed E-state index contributed by atoms with van der Waals surface area (Å²) in [6.45, 7) is 5.34. The Kier molecular flexibility index (Phi) is 14.2. The molecule has 0 radical (unpaired) electrons. The van der Waals surface area contributed by atoms with Gasteiger partial charge in [0, 0.05) is 86.6 Å². The number of hydrogen-bond acceptors (Lipinski definition) is 14. The minimum absolute atomic E-state index is 0.0312. The van der Waals surface area contributed by atoms with Gasteiger partial charge < -0.3 is 29.9 Å². The van der Waals surface area contributed by atoms with Gasteiger partial charge in [0.05, 0.1) is 17.4 Å². The van der Waals surface area contributed by atoms with E-state index in [2.05, 4.69) is 49.4 Å². The van der Waals surface area contributed by atoms with E-state index in [-0.39, 0.29) is 24.2 Å². The Hall–Kier alpha value is -5.32. The second kappa shape index (κ2) is 21.2. The number of nitrogens with one attached hydrogen (secondary N) is 1. The van der Waals surface area contributed by atoms with Crippen molar-refractivity contribution in [2.24, 2.45) is 5.92 Å². The lowest BCUT2D eigenvalue weighted by atomic mass is 9.99. The van der Waals surface area contributed by atoms with Gasteiger partial charge in [0.15, 0.2) is 0 Å². The summed E-state index contributed by atoms with van der Waals surface area (Å²) in [6, 6.07) is 7.59.